The number of aliphatic hydroxyl groups is 1. The maximum absolute atomic E-state index is 11.4. The topological polar surface area (TPSA) is 55.8 Å². The first-order chi connectivity index (χ1) is 7.22. The summed E-state index contributed by atoms with van der Waals surface area (Å²) in [5.41, 5.74) is 0. The van der Waals surface area contributed by atoms with E-state index < -0.39 is 0 Å². The number of carbonyl (C=O) groups is 1. The zero-order valence-corrected chi connectivity index (χ0v) is 9.02. The second-order valence-corrected chi connectivity index (χ2v) is 4.46. The van der Waals surface area contributed by atoms with Crippen LogP contribution in [-0.4, -0.2) is 37.0 Å². The molecule has 4 atom stereocenters. The predicted octanol–water partition coefficient (Wildman–Crippen LogP) is 0.725. The molecular weight excluding hydrogens is 196 g/mol. The van der Waals surface area contributed by atoms with Crippen molar-refractivity contribution in [2.45, 2.75) is 37.9 Å². The standard InChI is InChI=1S/C11H18O4/c1-14-11(13)7-2-3-8-9(12)4-5-15-10(8)6-7/h7-10,12H,2-6H2,1H3. The maximum atomic E-state index is 11.4. The van der Waals surface area contributed by atoms with Crippen LogP contribution in [0.3, 0.4) is 0 Å². The van der Waals surface area contributed by atoms with E-state index in [9.17, 15) is 9.90 Å². The minimum Gasteiger partial charge on any atom is -0.469 e. The number of fused-ring (bicyclic) bond motifs is 1. The Labute approximate surface area is 89.6 Å². The molecule has 4 heteroatoms. The Hall–Kier alpha value is -0.610. The van der Waals surface area contributed by atoms with Crippen molar-refractivity contribution in [2.75, 3.05) is 13.7 Å². The average molecular weight is 214 g/mol. The van der Waals surface area contributed by atoms with Gasteiger partial charge in [-0.1, -0.05) is 0 Å². The molecule has 1 saturated carbocycles. The molecule has 1 aliphatic heterocycles. The lowest BCUT2D eigenvalue weighted by Gasteiger charge is -2.40. The quantitative estimate of drug-likeness (QED) is 0.654. The molecule has 1 N–H and O–H groups in total. The second-order valence-electron chi connectivity index (χ2n) is 4.46. The van der Waals surface area contributed by atoms with Gasteiger partial charge in [-0.25, -0.2) is 0 Å². The van der Waals surface area contributed by atoms with Gasteiger partial charge in [0, 0.05) is 12.5 Å². The monoisotopic (exact) mass is 214 g/mol. The molecule has 2 fully saturated rings. The van der Waals surface area contributed by atoms with E-state index in [0.717, 1.165) is 19.3 Å². The zero-order valence-electron chi connectivity index (χ0n) is 9.02. The number of hydrogen-bond donors (Lipinski definition) is 1. The number of carbonyl (C=O) groups excluding carboxylic acids is 1. The van der Waals surface area contributed by atoms with Crippen LogP contribution in [0.15, 0.2) is 0 Å². The Bertz CT molecular complexity index is 241. The number of methoxy groups -OCH3 is 1. The van der Waals surface area contributed by atoms with E-state index >= 15 is 0 Å². The molecule has 0 aromatic rings. The van der Waals surface area contributed by atoms with E-state index in [1.54, 1.807) is 0 Å². The molecule has 0 spiro atoms. The van der Waals surface area contributed by atoms with E-state index in [1.807, 2.05) is 0 Å². The molecule has 4 nitrogen and oxygen atoms in total. The van der Waals surface area contributed by atoms with E-state index in [1.165, 1.54) is 7.11 Å². The van der Waals surface area contributed by atoms with E-state index in [4.69, 9.17) is 9.47 Å². The van der Waals surface area contributed by atoms with Crippen LogP contribution in [0, 0.1) is 11.8 Å². The lowest BCUT2D eigenvalue weighted by atomic mass is 9.75. The maximum Gasteiger partial charge on any atom is 0.308 e. The third kappa shape index (κ3) is 2.16. The van der Waals surface area contributed by atoms with Crippen LogP contribution in [0.25, 0.3) is 0 Å². The van der Waals surface area contributed by atoms with Crippen molar-refractivity contribution in [1.82, 2.24) is 0 Å². The van der Waals surface area contributed by atoms with Crippen LogP contribution in [0.4, 0.5) is 0 Å². The highest BCUT2D eigenvalue weighted by atomic mass is 16.5. The Kier molecular flexibility index (Phi) is 3.26. The van der Waals surface area contributed by atoms with Gasteiger partial charge in [-0.3, -0.25) is 4.79 Å². The van der Waals surface area contributed by atoms with Gasteiger partial charge in [-0.05, 0) is 25.7 Å². The van der Waals surface area contributed by atoms with Crippen molar-refractivity contribution in [2.24, 2.45) is 11.8 Å². The van der Waals surface area contributed by atoms with Crippen molar-refractivity contribution < 1.29 is 19.4 Å². The van der Waals surface area contributed by atoms with Crippen LogP contribution in [-0.2, 0) is 14.3 Å². The lowest BCUT2D eigenvalue weighted by Crippen LogP contribution is -2.45. The summed E-state index contributed by atoms with van der Waals surface area (Å²) >= 11 is 0. The third-order valence-electron chi connectivity index (χ3n) is 3.62. The van der Waals surface area contributed by atoms with Crippen molar-refractivity contribution in [3.05, 3.63) is 0 Å². The van der Waals surface area contributed by atoms with Gasteiger partial charge in [-0.15, -0.1) is 0 Å². The molecule has 0 aromatic heterocycles. The van der Waals surface area contributed by atoms with Crippen LogP contribution in [0.2, 0.25) is 0 Å². The summed E-state index contributed by atoms with van der Waals surface area (Å²) in [6, 6.07) is 0. The van der Waals surface area contributed by atoms with Crippen molar-refractivity contribution in [3.8, 4) is 0 Å². The largest absolute Gasteiger partial charge is 0.469 e. The molecule has 1 aliphatic carbocycles. The summed E-state index contributed by atoms with van der Waals surface area (Å²) in [7, 11) is 1.42. The van der Waals surface area contributed by atoms with Gasteiger partial charge in [0.05, 0.1) is 25.2 Å². The molecule has 2 rings (SSSR count). The summed E-state index contributed by atoms with van der Waals surface area (Å²) in [5, 5.41) is 9.79. The van der Waals surface area contributed by atoms with Crippen LogP contribution in [0.5, 0.6) is 0 Å². The molecule has 0 aromatic carbocycles. The summed E-state index contributed by atoms with van der Waals surface area (Å²) < 4.78 is 10.3. The molecular formula is C11H18O4. The van der Waals surface area contributed by atoms with Crippen molar-refractivity contribution >= 4 is 5.97 Å². The second kappa shape index (κ2) is 4.49. The van der Waals surface area contributed by atoms with E-state index in [0.29, 0.717) is 13.0 Å². The fourth-order valence-corrected chi connectivity index (χ4v) is 2.72. The highest BCUT2D eigenvalue weighted by Crippen LogP contribution is 2.37. The number of ether oxygens (including phenoxy) is 2. The fourth-order valence-electron chi connectivity index (χ4n) is 2.72. The van der Waals surface area contributed by atoms with Gasteiger partial charge < -0.3 is 14.6 Å². The summed E-state index contributed by atoms with van der Waals surface area (Å²) in [4.78, 5) is 11.4. The third-order valence-corrected chi connectivity index (χ3v) is 3.62. The molecule has 0 radical (unpaired) electrons. The normalized spacial score (nSPS) is 40.7. The summed E-state index contributed by atoms with van der Waals surface area (Å²) in [6.07, 6.45) is 2.91. The first-order valence-electron chi connectivity index (χ1n) is 5.60. The minimum absolute atomic E-state index is 0.0402. The average Bonchev–Trinajstić information content (AvgIpc) is 2.28. The number of esters is 1. The van der Waals surface area contributed by atoms with Gasteiger partial charge in [0.1, 0.15) is 0 Å². The molecule has 0 bridgehead atoms. The summed E-state index contributed by atoms with van der Waals surface area (Å²) in [5.74, 6) is 0.0401. The SMILES string of the molecule is COC(=O)C1CCC2C(O)CCOC2C1. The van der Waals surface area contributed by atoms with Crippen LogP contribution in [0.1, 0.15) is 25.7 Å². The number of aliphatic hydroxyl groups excluding tert-OH is 1. The van der Waals surface area contributed by atoms with E-state index in [-0.39, 0.29) is 30.0 Å². The highest BCUT2D eigenvalue weighted by Gasteiger charge is 2.40. The van der Waals surface area contributed by atoms with Gasteiger partial charge >= 0.3 is 5.97 Å². The molecule has 86 valence electrons. The van der Waals surface area contributed by atoms with Crippen LogP contribution >= 0.6 is 0 Å². The van der Waals surface area contributed by atoms with Gasteiger partial charge in [0.15, 0.2) is 0 Å². The molecule has 1 saturated heterocycles. The molecule has 15 heavy (non-hydrogen) atoms. The van der Waals surface area contributed by atoms with Crippen LogP contribution < -0.4 is 0 Å². The molecule has 4 unspecified atom stereocenters. The number of rotatable bonds is 1. The Morgan fingerprint density at radius 2 is 2.20 bits per heavy atom. The fraction of sp³-hybridized carbons (Fsp3) is 0.909. The summed E-state index contributed by atoms with van der Waals surface area (Å²) in [6.45, 7) is 0.607. The molecule has 1 heterocycles. The first-order valence-corrected chi connectivity index (χ1v) is 5.60. The van der Waals surface area contributed by atoms with Crippen molar-refractivity contribution in [1.29, 1.82) is 0 Å². The smallest absolute Gasteiger partial charge is 0.308 e. The molecule has 2 aliphatic rings. The Morgan fingerprint density at radius 1 is 1.40 bits per heavy atom. The van der Waals surface area contributed by atoms with Gasteiger partial charge in [-0.2, -0.15) is 0 Å². The zero-order chi connectivity index (χ0) is 10.8. The van der Waals surface area contributed by atoms with E-state index in [2.05, 4.69) is 0 Å². The van der Waals surface area contributed by atoms with Gasteiger partial charge in [0.2, 0.25) is 0 Å². The predicted molar refractivity (Wildman–Crippen MR) is 53.2 cm³/mol. The minimum atomic E-state index is -0.248. The Balaban J connectivity index is 1.96. The molecule has 0 amide bonds. The Morgan fingerprint density at radius 3 is 2.93 bits per heavy atom. The van der Waals surface area contributed by atoms with Crippen molar-refractivity contribution in [3.63, 3.8) is 0 Å². The number of hydrogen-bond acceptors (Lipinski definition) is 4. The van der Waals surface area contributed by atoms with Gasteiger partial charge in [0.25, 0.3) is 0 Å². The first kappa shape index (κ1) is 10.9. The lowest BCUT2D eigenvalue weighted by molar-refractivity contribution is -0.156. The highest BCUT2D eigenvalue weighted by molar-refractivity contribution is 5.72.